The summed E-state index contributed by atoms with van der Waals surface area (Å²) in [4.78, 5) is 51.3. The highest BCUT2D eigenvalue weighted by molar-refractivity contribution is 7.10. The van der Waals surface area contributed by atoms with Gasteiger partial charge in [0.05, 0.1) is 39.8 Å². The number of carbonyl (C=O) groups is 3. The SMILES string of the molecule is CC(C)c1nc(CN(C)C(=O)N[C@H](C(=O)N[C@@H](Cc2ccccc2)CC(O)[C@H](Cc2ccccc2)NC(=O)OC(C)c2cncs2)C(C)C)cs1. The van der Waals surface area contributed by atoms with Crippen LogP contribution in [0.5, 0.6) is 0 Å². The topological polar surface area (TPSA) is 146 Å². The molecule has 0 bridgehead atoms. The number of nitrogens with one attached hydrogen (secondary N) is 3. The molecule has 0 fully saturated rings. The Morgan fingerprint density at radius 3 is 2.10 bits per heavy atom. The van der Waals surface area contributed by atoms with Crippen LogP contribution in [0.1, 0.15) is 79.8 Å². The Bertz CT molecular complexity index is 1650. The molecular formula is C38H50N6O5S2. The zero-order chi connectivity index (χ0) is 36.9. The van der Waals surface area contributed by atoms with Crippen molar-refractivity contribution in [1.29, 1.82) is 0 Å². The molecule has 2 unspecified atom stereocenters. The predicted molar refractivity (Wildman–Crippen MR) is 202 cm³/mol. The second-order valence-corrected chi connectivity index (χ2v) is 15.3. The molecule has 4 rings (SSSR count). The highest BCUT2D eigenvalue weighted by atomic mass is 32.1. The molecule has 2 aromatic heterocycles. The Kier molecular flexibility index (Phi) is 15.0. The lowest BCUT2D eigenvalue weighted by atomic mass is 9.93. The third-order valence-electron chi connectivity index (χ3n) is 8.44. The van der Waals surface area contributed by atoms with Crippen molar-refractivity contribution in [3.8, 4) is 0 Å². The number of aliphatic hydroxyl groups excluding tert-OH is 1. The summed E-state index contributed by atoms with van der Waals surface area (Å²) in [7, 11) is 1.68. The Morgan fingerprint density at radius 1 is 0.882 bits per heavy atom. The van der Waals surface area contributed by atoms with E-state index in [4.69, 9.17) is 4.74 Å². The lowest BCUT2D eigenvalue weighted by molar-refractivity contribution is -0.124. The number of thiazole rings is 2. The summed E-state index contributed by atoms with van der Waals surface area (Å²) in [5.74, 6) is -0.282. The molecule has 4 N–H and O–H groups in total. The zero-order valence-electron chi connectivity index (χ0n) is 30.1. The van der Waals surface area contributed by atoms with Gasteiger partial charge in [0.2, 0.25) is 5.91 Å². The third kappa shape index (κ3) is 12.4. The largest absolute Gasteiger partial charge is 0.441 e. The lowest BCUT2D eigenvalue weighted by Gasteiger charge is -2.31. The molecule has 2 aromatic carbocycles. The fraction of sp³-hybridized carbons (Fsp3) is 0.447. The van der Waals surface area contributed by atoms with Crippen molar-refractivity contribution in [2.75, 3.05) is 7.05 Å². The van der Waals surface area contributed by atoms with Crippen molar-refractivity contribution in [3.05, 3.63) is 104 Å². The van der Waals surface area contributed by atoms with Crippen LogP contribution in [-0.4, -0.2) is 69.3 Å². The van der Waals surface area contributed by atoms with E-state index in [0.717, 1.165) is 26.7 Å². The molecule has 2 heterocycles. The van der Waals surface area contributed by atoms with Crippen molar-refractivity contribution in [3.63, 3.8) is 0 Å². The van der Waals surface area contributed by atoms with Crippen LogP contribution in [0.3, 0.4) is 0 Å². The Morgan fingerprint density at radius 2 is 1.53 bits per heavy atom. The van der Waals surface area contributed by atoms with E-state index in [1.165, 1.54) is 16.2 Å². The minimum absolute atomic E-state index is 0.128. The van der Waals surface area contributed by atoms with E-state index in [0.29, 0.717) is 25.3 Å². The van der Waals surface area contributed by atoms with Crippen LogP contribution in [0.4, 0.5) is 9.59 Å². The van der Waals surface area contributed by atoms with E-state index in [9.17, 15) is 19.5 Å². The van der Waals surface area contributed by atoms with E-state index < -0.39 is 36.4 Å². The molecule has 11 nitrogen and oxygen atoms in total. The highest BCUT2D eigenvalue weighted by Crippen LogP contribution is 2.22. The third-order valence-corrected chi connectivity index (χ3v) is 10.6. The smallest absolute Gasteiger partial charge is 0.408 e. The molecular weight excluding hydrogens is 685 g/mol. The molecule has 4 amide bonds. The first-order valence-corrected chi connectivity index (χ1v) is 19.0. The number of hydrogen-bond donors (Lipinski definition) is 4. The molecule has 0 aliphatic carbocycles. The molecule has 4 aromatic rings. The molecule has 0 spiro atoms. The maximum Gasteiger partial charge on any atom is 0.408 e. The minimum atomic E-state index is -1.06. The second kappa shape index (κ2) is 19.3. The van der Waals surface area contributed by atoms with Crippen LogP contribution in [0.15, 0.2) is 77.8 Å². The number of amides is 4. The van der Waals surface area contributed by atoms with E-state index in [-0.39, 0.29) is 24.3 Å². The van der Waals surface area contributed by atoms with Crippen LogP contribution >= 0.6 is 22.7 Å². The molecule has 0 aliphatic rings. The maximum atomic E-state index is 13.9. The van der Waals surface area contributed by atoms with Gasteiger partial charge in [-0.2, -0.15) is 0 Å². The fourth-order valence-corrected chi connectivity index (χ4v) is 7.00. The number of alkyl carbamates (subject to hydrolysis) is 1. The van der Waals surface area contributed by atoms with Crippen molar-refractivity contribution >= 4 is 40.7 Å². The van der Waals surface area contributed by atoms with E-state index in [2.05, 4.69) is 39.8 Å². The first-order chi connectivity index (χ1) is 24.4. The van der Waals surface area contributed by atoms with E-state index in [1.54, 1.807) is 37.0 Å². The average molecular weight is 735 g/mol. The number of hydrogen-bond acceptors (Lipinski definition) is 9. The van der Waals surface area contributed by atoms with Gasteiger partial charge in [-0.25, -0.2) is 14.6 Å². The van der Waals surface area contributed by atoms with Gasteiger partial charge >= 0.3 is 12.1 Å². The highest BCUT2D eigenvalue weighted by Gasteiger charge is 2.31. The number of ether oxygens (including phenoxy) is 1. The number of carbonyl (C=O) groups excluding carboxylic acids is 3. The quantitative estimate of drug-likeness (QED) is 0.0974. The molecule has 274 valence electrons. The minimum Gasteiger partial charge on any atom is -0.441 e. The summed E-state index contributed by atoms with van der Waals surface area (Å²) >= 11 is 2.96. The van der Waals surface area contributed by atoms with Crippen molar-refractivity contribution in [2.45, 2.75) is 96.7 Å². The summed E-state index contributed by atoms with van der Waals surface area (Å²) in [5.41, 5.74) is 4.36. The van der Waals surface area contributed by atoms with Crippen LogP contribution in [0.2, 0.25) is 0 Å². The molecule has 13 heteroatoms. The van der Waals surface area contributed by atoms with Crippen molar-refractivity contribution in [1.82, 2.24) is 30.8 Å². The molecule has 0 saturated carbocycles. The Hall–Kier alpha value is -4.33. The van der Waals surface area contributed by atoms with Gasteiger partial charge in [-0.15, -0.1) is 22.7 Å². The average Bonchev–Trinajstić information content (AvgIpc) is 3.81. The zero-order valence-corrected chi connectivity index (χ0v) is 31.7. The first-order valence-electron chi connectivity index (χ1n) is 17.3. The first kappa shape index (κ1) is 39.5. The van der Waals surface area contributed by atoms with Gasteiger partial charge < -0.3 is 30.7 Å². The van der Waals surface area contributed by atoms with Crippen LogP contribution in [0, 0.1) is 5.92 Å². The normalized spacial score (nSPS) is 14.3. The van der Waals surface area contributed by atoms with Gasteiger partial charge in [0.1, 0.15) is 12.1 Å². The summed E-state index contributed by atoms with van der Waals surface area (Å²) in [6, 6.07) is 16.8. The van der Waals surface area contributed by atoms with Crippen molar-refractivity contribution in [2.24, 2.45) is 5.92 Å². The number of rotatable bonds is 17. The van der Waals surface area contributed by atoms with Crippen LogP contribution in [-0.2, 0) is 28.9 Å². The van der Waals surface area contributed by atoms with Gasteiger partial charge in [-0.3, -0.25) is 9.78 Å². The summed E-state index contributed by atoms with van der Waals surface area (Å²) in [6.45, 7) is 9.99. The molecule has 0 radical (unpaired) electrons. The van der Waals surface area contributed by atoms with Gasteiger partial charge in [-0.05, 0) is 43.2 Å². The number of urea groups is 1. The molecule has 51 heavy (non-hydrogen) atoms. The standard InChI is InChI=1S/C38H50N6O5S2/c1-24(2)34(43-37(47)44(6)21-30-22-50-36(41-30)25(3)4)35(46)40-29(17-27-13-9-7-10-14-27)19-32(45)31(18-28-15-11-8-12-16-28)42-38(48)49-26(5)33-20-39-23-51-33/h7-16,20,22-26,29,31-32,34,45H,17-19,21H2,1-6H3,(H,40,46)(H,42,48)(H,43,47)/t26?,29-,31-,32?,34-/m0/s1. The predicted octanol–water partition coefficient (Wildman–Crippen LogP) is 6.47. The molecule has 5 atom stereocenters. The summed E-state index contributed by atoms with van der Waals surface area (Å²) in [6.07, 6.45) is 0.315. The molecule has 0 aliphatic heterocycles. The maximum absolute atomic E-state index is 13.9. The molecule has 0 saturated heterocycles. The number of benzene rings is 2. The second-order valence-electron chi connectivity index (χ2n) is 13.4. The lowest BCUT2D eigenvalue weighted by Crippen LogP contribution is -2.55. The van der Waals surface area contributed by atoms with Crippen molar-refractivity contribution < 1.29 is 24.2 Å². The van der Waals surface area contributed by atoms with Crippen LogP contribution < -0.4 is 16.0 Å². The Labute approximate surface area is 308 Å². The summed E-state index contributed by atoms with van der Waals surface area (Å²) in [5, 5.41) is 23.6. The van der Waals surface area contributed by atoms with E-state index >= 15 is 0 Å². The van der Waals surface area contributed by atoms with Gasteiger partial charge in [-0.1, -0.05) is 88.4 Å². The monoisotopic (exact) mass is 734 g/mol. The van der Waals surface area contributed by atoms with Gasteiger partial charge in [0, 0.05) is 30.6 Å². The number of aliphatic hydroxyl groups is 1. The van der Waals surface area contributed by atoms with Gasteiger partial charge in [0.25, 0.3) is 0 Å². The van der Waals surface area contributed by atoms with Crippen LogP contribution in [0.25, 0.3) is 0 Å². The number of nitrogens with zero attached hydrogens (tertiary/aromatic N) is 3. The van der Waals surface area contributed by atoms with E-state index in [1.807, 2.05) is 79.9 Å². The fourth-order valence-electron chi connectivity index (χ4n) is 5.57. The summed E-state index contributed by atoms with van der Waals surface area (Å²) < 4.78 is 5.63. The van der Waals surface area contributed by atoms with Gasteiger partial charge in [0.15, 0.2) is 0 Å². The number of aromatic nitrogens is 2. The Balaban J connectivity index is 1.48.